The zero-order chi connectivity index (χ0) is 25.7. The van der Waals surface area contributed by atoms with Crippen molar-refractivity contribution in [2.75, 3.05) is 5.73 Å². The molecule has 2 aromatic heterocycles. The quantitative estimate of drug-likeness (QED) is 0.203. The number of phosphoric ester groups is 1. The number of aromatic amines is 1. The Balaban J connectivity index is 1.61. The number of alkyl halides is 2. The average molecular weight is 555 g/mol. The summed E-state index contributed by atoms with van der Waals surface area (Å²) in [7, 11) is -17.6. The molecule has 0 radical (unpaired) electrons. The van der Waals surface area contributed by atoms with Gasteiger partial charge < -0.3 is 35.2 Å². The molecule has 1 saturated heterocycles. The first-order chi connectivity index (χ1) is 15.2. The van der Waals surface area contributed by atoms with E-state index < -0.39 is 64.4 Å². The summed E-state index contributed by atoms with van der Waals surface area (Å²) in [5.74, 6) is -4.06. The second-order valence-electron chi connectivity index (χ2n) is 7.33. The lowest BCUT2D eigenvalue weighted by atomic mass is 9.96. The Morgan fingerprint density at radius 3 is 2.35 bits per heavy atom. The Kier molecular flexibility index (Phi) is 5.38. The number of hydrogen-bond donors (Lipinski definition) is 7. The van der Waals surface area contributed by atoms with E-state index in [0.717, 1.165) is 10.9 Å². The summed E-state index contributed by atoms with van der Waals surface area (Å²) < 4.78 is 81.5. The van der Waals surface area contributed by atoms with Gasteiger partial charge in [-0.2, -0.15) is 13.6 Å². The van der Waals surface area contributed by atoms with Gasteiger partial charge in [-0.25, -0.2) is 27.5 Å². The van der Waals surface area contributed by atoms with Crippen molar-refractivity contribution >= 4 is 40.6 Å². The van der Waals surface area contributed by atoms with E-state index in [2.05, 4.69) is 28.1 Å². The lowest BCUT2D eigenvalue weighted by Gasteiger charge is -2.31. The Morgan fingerprint density at radius 1 is 1.21 bits per heavy atom. The van der Waals surface area contributed by atoms with Crippen LogP contribution in [0.15, 0.2) is 11.1 Å². The number of aromatic nitrogens is 4. The zero-order valence-electron chi connectivity index (χ0n) is 16.3. The minimum absolute atomic E-state index is 0.334. The number of nitrogens with zero attached hydrogens (tertiary/aromatic N) is 3. The summed E-state index contributed by atoms with van der Waals surface area (Å²) in [6.07, 6.45) is -3.88. The number of nitrogens with two attached hydrogens (primary N) is 1. The zero-order valence-corrected chi connectivity index (χ0v) is 18.9. The van der Waals surface area contributed by atoms with Crippen LogP contribution in [0.4, 0.5) is 14.7 Å². The van der Waals surface area contributed by atoms with Crippen LogP contribution >= 0.6 is 23.5 Å². The monoisotopic (exact) mass is 555 g/mol. The first-order valence-corrected chi connectivity index (χ1v) is 13.1. The van der Waals surface area contributed by atoms with Crippen LogP contribution in [0.5, 0.6) is 0 Å². The van der Waals surface area contributed by atoms with Crippen LogP contribution < -0.4 is 11.3 Å². The maximum atomic E-state index is 15.5. The highest BCUT2D eigenvalue weighted by Crippen LogP contribution is 2.76. The first-order valence-electron chi connectivity index (χ1n) is 8.57. The maximum Gasteiger partial charge on any atom is 0.490 e. The van der Waals surface area contributed by atoms with E-state index in [0.29, 0.717) is 6.92 Å². The summed E-state index contributed by atoms with van der Waals surface area (Å²) in [5.41, 5.74) is -2.60. The minimum atomic E-state index is -5.97. The molecule has 2 aliphatic rings. The molecule has 0 spiro atoms. The number of anilines is 1. The second kappa shape index (κ2) is 7.19. The molecule has 34 heavy (non-hydrogen) atoms. The van der Waals surface area contributed by atoms with Crippen molar-refractivity contribution < 1.29 is 65.0 Å². The largest absolute Gasteiger partial charge is 0.490 e. The minimum Gasteiger partial charge on any atom is -0.382 e. The highest BCUT2D eigenvalue weighted by Gasteiger charge is 2.97. The number of aliphatic hydroxyl groups is 1. The van der Waals surface area contributed by atoms with Crippen LogP contribution in [0.1, 0.15) is 13.2 Å². The molecule has 2 unspecified atom stereocenters. The van der Waals surface area contributed by atoms with Crippen molar-refractivity contribution in [3.8, 4) is 0 Å². The summed E-state index contributed by atoms with van der Waals surface area (Å²) in [6, 6.07) is 0. The summed E-state index contributed by atoms with van der Waals surface area (Å²) in [6.45, 7) is 0.696. The van der Waals surface area contributed by atoms with Gasteiger partial charge in [0.25, 0.3) is 11.4 Å². The predicted octanol–water partition coefficient (Wildman–Crippen LogP) is -0.919. The van der Waals surface area contributed by atoms with Gasteiger partial charge in [-0.1, -0.05) is 0 Å². The Bertz CT molecular complexity index is 1390. The molecule has 0 amide bonds. The fourth-order valence-electron chi connectivity index (χ4n) is 3.58. The number of phosphoric acid groups is 3. The fraction of sp³-hybridized carbons (Fsp3) is 0.545. The smallest absolute Gasteiger partial charge is 0.382 e. The first kappa shape index (κ1) is 25.4. The Morgan fingerprint density at radius 2 is 1.82 bits per heavy atom. The number of ether oxygens (including phenoxy) is 1. The van der Waals surface area contributed by atoms with Crippen molar-refractivity contribution in [2.24, 2.45) is 0 Å². The standard InChI is InChI=1S/C11H14F2N5O13P3/c1-9(20)7(18-2-15-3-4(18)16-8(14)17-5(3)19)28-11(13)6(10(9,11)12)29-33(24,25)31-34(26,27)30-32(21,22)23/h2,6-7,20H,1H3,(H,24,25)(H,26,27)(H2,21,22,23)(H3,14,16,17,19)/t6-,7+,9-,10-,11+/m0/s1. The molecule has 23 heteroatoms. The molecule has 2 aromatic rings. The molecule has 2 fully saturated rings. The SMILES string of the molecule is C[C@]1(O)[C@H](n2cnc3c(=O)[nH]c(N)nc32)O[C@]2(F)[C@@H](OP(=O)(O)OP(=O)(O)OP(=O)(O)O)[C@]12F. The van der Waals surface area contributed by atoms with E-state index >= 15 is 8.78 Å². The molecule has 1 saturated carbocycles. The van der Waals surface area contributed by atoms with Crippen LogP contribution in [-0.2, 0) is 31.6 Å². The molecule has 1 aliphatic heterocycles. The fourth-order valence-corrected chi connectivity index (χ4v) is 6.79. The van der Waals surface area contributed by atoms with E-state index in [4.69, 9.17) is 25.2 Å². The van der Waals surface area contributed by atoms with Gasteiger partial charge in [0.2, 0.25) is 11.6 Å². The molecule has 190 valence electrons. The van der Waals surface area contributed by atoms with Gasteiger partial charge in [0.1, 0.15) is 5.60 Å². The number of halogens is 2. The third-order valence-electron chi connectivity index (χ3n) is 4.97. The molecule has 18 nitrogen and oxygen atoms in total. The summed E-state index contributed by atoms with van der Waals surface area (Å²) in [4.78, 5) is 57.2. The third kappa shape index (κ3) is 3.76. The highest BCUT2D eigenvalue weighted by atomic mass is 31.3. The number of fused-ring (bicyclic) bond motifs is 2. The number of rotatable bonds is 7. The Labute approximate surface area is 184 Å². The van der Waals surface area contributed by atoms with E-state index in [1.807, 2.05) is 0 Å². The molecule has 1 aliphatic carbocycles. The van der Waals surface area contributed by atoms with E-state index in [-0.39, 0.29) is 11.2 Å². The number of hydrogen-bond acceptors (Lipinski definition) is 12. The van der Waals surface area contributed by atoms with E-state index in [9.17, 15) is 28.5 Å². The molecule has 4 rings (SSSR count). The number of nitrogens with one attached hydrogen (secondary N) is 1. The van der Waals surface area contributed by atoms with E-state index in [1.54, 1.807) is 0 Å². The molecule has 0 bridgehead atoms. The van der Waals surface area contributed by atoms with Crippen molar-refractivity contribution in [1.29, 1.82) is 0 Å². The van der Waals surface area contributed by atoms with Gasteiger partial charge >= 0.3 is 23.5 Å². The van der Waals surface area contributed by atoms with E-state index in [1.165, 1.54) is 0 Å². The summed E-state index contributed by atoms with van der Waals surface area (Å²) >= 11 is 0. The van der Waals surface area contributed by atoms with Gasteiger partial charge in [0, 0.05) is 0 Å². The van der Waals surface area contributed by atoms with Crippen LogP contribution in [0.3, 0.4) is 0 Å². The topological polar surface area (TPSA) is 279 Å². The lowest BCUT2D eigenvalue weighted by Crippen LogP contribution is -2.46. The van der Waals surface area contributed by atoms with Crippen molar-refractivity contribution in [3.63, 3.8) is 0 Å². The van der Waals surface area contributed by atoms with Gasteiger partial charge in [-0.05, 0) is 6.92 Å². The number of H-pyrrole nitrogens is 1. The molecular weight excluding hydrogens is 541 g/mol. The van der Waals surface area contributed by atoms with Crippen molar-refractivity contribution in [1.82, 2.24) is 19.5 Å². The van der Waals surface area contributed by atoms with Crippen LogP contribution in [0.25, 0.3) is 11.2 Å². The molecule has 7 atom stereocenters. The van der Waals surface area contributed by atoms with Gasteiger partial charge in [0.05, 0.1) is 6.33 Å². The predicted molar refractivity (Wildman–Crippen MR) is 99.7 cm³/mol. The normalized spacial score (nSPS) is 36.7. The van der Waals surface area contributed by atoms with Crippen LogP contribution in [0.2, 0.25) is 0 Å². The highest BCUT2D eigenvalue weighted by molar-refractivity contribution is 7.66. The Hall–Kier alpha value is -1.66. The van der Waals surface area contributed by atoms with Crippen molar-refractivity contribution in [3.05, 3.63) is 16.7 Å². The number of nitrogen functional groups attached to an aromatic ring is 1. The van der Waals surface area contributed by atoms with Crippen LogP contribution in [0, 0.1) is 0 Å². The third-order valence-corrected chi connectivity index (χ3v) is 8.77. The number of imidazole rings is 1. The van der Waals surface area contributed by atoms with Gasteiger partial charge in [-0.15, -0.1) is 0 Å². The molecule has 0 aromatic carbocycles. The van der Waals surface area contributed by atoms with Crippen molar-refractivity contribution in [2.45, 2.75) is 36.4 Å². The van der Waals surface area contributed by atoms with Gasteiger partial charge in [0.15, 0.2) is 23.5 Å². The van der Waals surface area contributed by atoms with Gasteiger partial charge in [-0.3, -0.25) is 18.9 Å². The lowest BCUT2D eigenvalue weighted by molar-refractivity contribution is -0.175. The van der Waals surface area contributed by atoms with Crippen LogP contribution in [-0.4, -0.2) is 67.4 Å². The molecular formula is C11H14F2N5O13P3. The maximum absolute atomic E-state index is 15.5. The average Bonchev–Trinajstić information content (AvgIpc) is 2.89. The molecule has 3 heterocycles. The summed E-state index contributed by atoms with van der Waals surface area (Å²) in [5, 5.41) is 10.8. The second-order valence-corrected chi connectivity index (χ2v) is 11.7. The molecule has 8 N–H and O–H groups in total.